The Morgan fingerprint density at radius 1 is 1.00 bits per heavy atom. The Balaban J connectivity index is 0.000000195. The van der Waals surface area contributed by atoms with E-state index >= 15 is 0 Å². The Bertz CT molecular complexity index is 408. The van der Waals surface area contributed by atoms with Crippen molar-refractivity contribution in [1.82, 2.24) is 4.98 Å². The van der Waals surface area contributed by atoms with E-state index in [1.165, 1.54) is 5.39 Å². The first-order valence-electron chi connectivity index (χ1n) is 4.05. The summed E-state index contributed by atoms with van der Waals surface area (Å²) in [5.41, 5.74) is 1.06. The van der Waals surface area contributed by atoms with Crippen LogP contribution in [0.3, 0.4) is 0 Å². The lowest BCUT2D eigenvalue weighted by Gasteiger charge is -1.91. The van der Waals surface area contributed by atoms with Gasteiger partial charge in [-0.15, -0.1) is 0 Å². The number of hydrogen-bond acceptors (Lipinski definition) is 2. The van der Waals surface area contributed by atoms with Crippen LogP contribution >= 0.6 is 7.82 Å². The predicted octanol–water partition coefficient (Wildman–Crippen LogP) is 1.31. The molecule has 0 amide bonds. The number of phosphoric acid groups is 1. The summed E-state index contributed by atoms with van der Waals surface area (Å²) < 4.78 is 8.88. The van der Waals surface area contributed by atoms with E-state index in [0.717, 1.165) is 5.52 Å². The minimum Gasteiger partial charge on any atom is -0.303 e. The SMILES string of the molecule is O=P(O)(O)O.c1ccc2ncccc2c1. The molecule has 0 aliphatic carbocycles. The lowest BCUT2D eigenvalue weighted by molar-refractivity contribution is 0.275. The van der Waals surface area contributed by atoms with Gasteiger partial charge in [-0.2, -0.15) is 0 Å². The number of nitrogens with zero attached hydrogens (tertiary/aromatic N) is 1. The van der Waals surface area contributed by atoms with Crippen LogP contribution in [0.5, 0.6) is 0 Å². The van der Waals surface area contributed by atoms with Gasteiger partial charge in [-0.05, 0) is 12.1 Å². The van der Waals surface area contributed by atoms with Crippen LogP contribution in [0.1, 0.15) is 0 Å². The molecule has 6 heteroatoms. The van der Waals surface area contributed by atoms with Gasteiger partial charge in [-0.3, -0.25) is 4.98 Å². The van der Waals surface area contributed by atoms with Gasteiger partial charge in [0.1, 0.15) is 0 Å². The molecule has 1 aromatic heterocycles. The number of fused-ring (bicyclic) bond motifs is 1. The molecule has 0 saturated heterocycles. The van der Waals surface area contributed by atoms with Gasteiger partial charge in [0, 0.05) is 11.6 Å². The largest absolute Gasteiger partial charge is 0.466 e. The van der Waals surface area contributed by atoms with Crippen molar-refractivity contribution in [3.8, 4) is 0 Å². The Hall–Kier alpha value is -1.26. The quantitative estimate of drug-likeness (QED) is 0.590. The fourth-order valence-corrected chi connectivity index (χ4v) is 1.02. The van der Waals surface area contributed by atoms with Crippen molar-refractivity contribution in [1.29, 1.82) is 0 Å². The van der Waals surface area contributed by atoms with Gasteiger partial charge in [0.2, 0.25) is 0 Å². The van der Waals surface area contributed by atoms with Crippen molar-refractivity contribution in [2.45, 2.75) is 0 Å². The van der Waals surface area contributed by atoms with Gasteiger partial charge < -0.3 is 14.7 Å². The van der Waals surface area contributed by atoms with Crippen molar-refractivity contribution < 1.29 is 19.2 Å². The third kappa shape index (κ3) is 5.24. The predicted molar refractivity (Wildman–Crippen MR) is 56.0 cm³/mol. The van der Waals surface area contributed by atoms with E-state index < -0.39 is 7.82 Å². The second-order valence-corrected chi connectivity index (χ2v) is 3.74. The van der Waals surface area contributed by atoms with Crippen LogP contribution in [0.4, 0.5) is 0 Å². The fourth-order valence-electron chi connectivity index (χ4n) is 1.02. The molecule has 0 aliphatic heterocycles. The van der Waals surface area contributed by atoms with Crippen LogP contribution in [0.15, 0.2) is 42.6 Å². The van der Waals surface area contributed by atoms with E-state index in [0.29, 0.717) is 0 Å². The molecule has 0 aliphatic rings. The molecule has 3 N–H and O–H groups in total. The highest BCUT2D eigenvalue weighted by Gasteiger charge is 2.00. The molecule has 0 radical (unpaired) electrons. The smallest absolute Gasteiger partial charge is 0.303 e. The Morgan fingerprint density at radius 2 is 1.53 bits per heavy atom. The van der Waals surface area contributed by atoms with Crippen molar-refractivity contribution in [3.63, 3.8) is 0 Å². The van der Waals surface area contributed by atoms with E-state index in [9.17, 15) is 0 Å². The number of rotatable bonds is 0. The van der Waals surface area contributed by atoms with Crippen molar-refractivity contribution in [3.05, 3.63) is 42.6 Å². The highest BCUT2D eigenvalue weighted by atomic mass is 31.2. The van der Waals surface area contributed by atoms with Gasteiger partial charge in [-0.25, -0.2) is 4.57 Å². The van der Waals surface area contributed by atoms with E-state index in [-0.39, 0.29) is 0 Å². The summed E-state index contributed by atoms with van der Waals surface area (Å²) in [7, 11) is -4.64. The minimum absolute atomic E-state index is 1.06. The van der Waals surface area contributed by atoms with Crippen LogP contribution in [-0.4, -0.2) is 19.7 Å². The third-order valence-corrected chi connectivity index (χ3v) is 1.51. The van der Waals surface area contributed by atoms with Gasteiger partial charge in [0.15, 0.2) is 0 Å². The summed E-state index contributed by atoms with van der Waals surface area (Å²) in [6.07, 6.45) is 1.81. The molecule has 0 spiro atoms. The average molecular weight is 227 g/mol. The first-order valence-corrected chi connectivity index (χ1v) is 5.61. The third-order valence-electron chi connectivity index (χ3n) is 1.51. The molecule has 0 fully saturated rings. The summed E-state index contributed by atoms with van der Waals surface area (Å²) >= 11 is 0. The highest BCUT2D eigenvalue weighted by Crippen LogP contribution is 2.25. The van der Waals surface area contributed by atoms with Crippen LogP contribution in [0.25, 0.3) is 10.9 Å². The summed E-state index contributed by atoms with van der Waals surface area (Å²) in [6.45, 7) is 0. The maximum absolute atomic E-state index is 8.88. The van der Waals surface area contributed by atoms with Crippen molar-refractivity contribution >= 4 is 18.7 Å². The molecule has 80 valence electrons. The Labute approximate surface area is 86.3 Å². The van der Waals surface area contributed by atoms with Gasteiger partial charge >= 0.3 is 7.82 Å². The fraction of sp³-hybridized carbons (Fsp3) is 0. The molecule has 0 atom stereocenters. The molecular formula is C9H10NO4P. The van der Waals surface area contributed by atoms with E-state index in [2.05, 4.69) is 17.1 Å². The molecule has 2 rings (SSSR count). The summed E-state index contributed by atoms with van der Waals surface area (Å²) in [6, 6.07) is 12.1. The Morgan fingerprint density at radius 3 is 2.13 bits per heavy atom. The van der Waals surface area contributed by atoms with Crippen molar-refractivity contribution in [2.24, 2.45) is 0 Å². The molecule has 0 bridgehead atoms. The molecule has 0 saturated carbocycles. The van der Waals surface area contributed by atoms with Crippen LogP contribution in [0, 0.1) is 0 Å². The topological polar surface area (TPSA) is 90.7 Å². The maximum Gasteiger partial charge on any atom is 0.466 e. The first-order chi connectivity index (χ1) is 6.97. The Kier molecular flexibility index (Phi) is 3.94. The number of hydrogen-bond donors (Lipinski definition) is 3. The molecule has 0 unspecified atom stereocenters. The summed E-state index contributed by atoms with van der Waals surface area (Å²) in [5.74, 6) is 0. The zero-order valence-electron chi connectivity index (χ0n) is 7.69. The first kappa shape index (κ1) is 11.8. The van der Waals surface area contributed by atoms with E-state index in [4.69, 9.17) is 19.2 Å². The van der Waals surface area contributed by atoms with Gasteiger partial charge in [0.05, 0.1) is 5.52 Å². The molecule has 1 aromatic carbocycles. The lowest BCUT2D eigenvalue weighted by atomic mass is 10.2. The molecule has 5 nitrogen and oxygen atoms in total. The van der Waals surface area contributed by atoms with E-state index in [1.54, 1.807) is 0 Å². The standard InChI is InChI=1S/C9H7N.H3O4P/c1-2-6-9-8(4-1)5-3-7-10-9;1-5(2,3)4/h1-7H;(H3,1,2,3,4). The minimum atomic E-state index is -4.64. The van der Waals surface area contributed by atoms with Gasteiger partial charge in [0.25, 0.3) is 0 Å². The molecule has 2 aromatic rings. The average Bonchev–Trinajstić information content (AvgIpc) is 2.16. The van der Waals surface area contributed by atoms with Crippen molar-refractivity contribution in [2.75, 3.05) is 0 Å². The summed E-state index contributed by atoms with van der Waals surface area (Å²) in [4.78, 5) is 25.7. The summed E-state index contributed by atoms with van der Waals surface area (Å²) in [5, 5.41) is 1.20. The highest BCUT2D eigenvalue weighted by molar-refractivity contribution is 7.45. The number of aromatic nitrogens is 1. The molecule has 15 heavy (non-hydrogen) atoms. The van der Waals surface area contributed by atoms with Gasteiger partial charge in [-0.1, -0.05) is 24.3 Å². The van der Waals surface area contributed by atoms with Crippen LogP contribution in [0.2, 0.25) is 0 Å². The maximum atomic E-state index is 8.88. The normalized spacial score (nSPS) is 10.6. The van der Waals surface area contributed by atoms with E-state index in [1.807, 2.05) is 30.5 Å². The zero-order valence-corrected chi connectivity index (χ0v) is 8.58. The second-order valence-electron chi connectivity index (χ2n) is 2.71. The second kappa shape index (κ2) is 5.00. The number of pyridine rings is 1. The zero-order chi connectivity index (χ0) is 11.3. The van der Waals surface area contributed by atoms with Crippen LogP contribution in [-0.2, 0) is 4.57 Å². The molecule has 1 heterocycles. The number of benzene rings is 1. The molecular weight excluding hydrogens is 217 g/mol. The van der Waals surface area contributed by atoms with Crippen LogP contribution < -0.4 is 0 Å². The number of para-hydroxylation sites is 1. The lowest BCUT2D eigenvalue weighted by Crippen LogP contribution is -1.73. The monoisotopic (exact) mass is 227 g/mol.